The van der Waals surface area contributed by atoms with Gasteiger partial charge in [0.1, 0.15) is 6.10 Å². The van der Waals surface area contributed by atoms with Crippen molar-refractivity contribution in [3.05, 3.63) is 23.8 Å². The van der Waals surface area contributed by atoms with E-state index in [4.69, 9.17) is 9.47 Å². The zero-order valence-corrected chi connectivity index (χ0v) is 12.9. The van der Waals surface area contributed by atoms with Crippen molar-refractivity contribution in [3.63, 3.8) is 0 Å². The fraction of sp³-hybridized carbons (Fsp3) is 0.647. The highest BCUT2D eigenvalue weighted by Crippen LogP contribution is 2.35. The highest BCUT2D eigenvalue weighted by atomic mass is 16.5. The molecule has 1 aromatic rings. The van der Waals surface area contributed by atoms with Gasteiger partial charge in [0, 0.05) is 0 Å². The van der Waals surface area contributed by atoms with E-state index < -0.39 is 6.10 Å². The molecule has 20 heavy (non-hydrogen) atoms. The molecule has 0 amide bonds. The average Bonchev–Trinajstić information content (AvgIpc) is 2.42. The molecule has 1 N–H and O–H groups in total. The number of aliphatic hydroxyl groups excluding tert-OH is 1. The summed E-state index contributed by atoms with van der Waals surface area (Å²) in [6.45, 7) is 6.45. The number of rotatable bonds is 4. The van der Waals surface area contributed by atoms with Crippen LogP contribution in [0.5, 0.6) is 11.5 Å². The molecule has 0 radical (unpaired) electrons. The molecule has 3 heteroatoms. The predicted molar refractivity (Wildman–Crippen MR) is 80.4 cm³/mol. The van der Waals surface area contributed by atoms with Gasteiger partial charge in [0.25, 0.3) is 0 Å². The van der Waals surface area contributed by atoms with E-state index in [0.29, 0.717) is 11.8 Å². The van der Waals surface area contributed by atoms with Crippen LogP contribution in [0, 0.1) is 11.8 Å². The van der Waals surface area contributed by atoms with Gasteiger partial charge in [-0.05, 0) is 48.8 Å². The molecule has 2 rings (SSSR count). The summed E-state index contributed by atoms with van der Waals surface area (Å²) < 4.78 is 11.5. The number of hydrogen-bond donors (Lipinski definition) is 1. The van der Waals surface area contributed by atoms with Gasteiger partial charge in [-0.3, -0.25) is 0 Å². The van der Waals surface area contributed by atoms with Gasteiger partial charge in [-0.25, -0.2) is 0 Å². The van der Waals surface area contributed by atoms with Gasteiger partial charge in [-0.15, -0.1) is 0 Å². The zero-order valence-electron chi connectivity index (χ0n) is 12.9. The zero-order chi connectivity index (χ0) is 14.7. The molecule has 1 aliphatic carbocycles. The minimum Gasteiger partial charge on any atom is -0.493 e. The lowest BCUT2D eigenvalue weighted by Gasteiger charge is -2.37. The average molecular weight is 278 g/mol. The summed E-state index contributed by atoms with van der Waals surface area (Å²) in [5.41, 5.74) is 1.22. The molecule has 4 unspecified atom stereocenters. The maximum absolute atomic E-state index is 10.3. The summed E-state index contributed by atoms with van der Waals surface area (Å²) in [7, 11) is 1.66. The van der Waals surface area contributed by atoms with Crippen molar-refractivity contribution in [1.82, 2.24) is 0 Å². The van der Waals surface area contributed by atoms with E-state index in [1.54, 1.807) is 7.11 Å². The number of ether oxygens (including phenoxy) is 2. The van der Waals surface area contributed by atoms with Gasteiger partial charge < -0.3 is 14.6 Å². The second-order valence-corrected chi connectivity index (χ2v) is 6.04. The quantitative estimate of drug-likeness (QED) is 0.917. The molecule has 0 spiro atoms. The Balaban J connectivity index is 2.16. The summed E-state index contributed by atoms with van der Waals surface area (Å²) in [5.74, 6) is 2.39. The van der Waals surface area contributed by atoms with Crippen molar-refractivity contribution < 1.29 is 14.6 Å². The molecular formula is C17H26O3. The van der Waals surface area contributed by atoms with E-state index in [1.807, 2.05) is 12.1 Å². The van der Waals surface area contributed by atoms with Gasteiger partial charge in [-0.1, -0.05) is 26.8 Å². The lowest BCUT2D eigenvalue weighted by atomic mass is 9.79. The maximum atomic E-state index is 10.3. The molecule has 1 fully saturated rings. The largest absolute Gasteiger partial charge is 0.493 e. The summed E-state index contributed by atoms with van der Waals surface area (Å²) in [4.78, 5) is 0. The van der Waals surface area contributed by atoms with E-state index in [1.165, 1.54) is 5.56 Å². The first kappa shape index (κ1) is 15.2. The maximum Gasteiger partial charge on any atom is 0.161 e. The molecule has 3 nitrogen and oxygen atoms in total. The fourth-order valence-electron chi connectivity index (χ4n) is 3.16. The Kier molecular flexibility index (Phi) is 4.92. The summed E-state index contributed by atoms with van der Waals surface area (Å²) >= 11 is 0. The van der Waals surface area contributed by atoms with E-state index in [9.17, 15) is 5.11 Å². The number of hydrogen-bond acceptors (Lipinski definition) is 3. The van der Waals surface area contributed by atoms with Crippen LogP contribution in [0.1, 0.15) is 39.2 Å². The van der Waals surface area contributed by atoms with Crippen LogP contribution in [0.2, 0.25) is 0 Å². The van der Waals surface area contributed by atoms with Crippen LogP contribution in [0.15, 0.2) is 18.2 Å². The number of aliphatic hydroxyl groups is 1. The van der Waals surface area contributed by atoms with E-state index in [2.05, 4.69) is 26.8 Å². The Morgan fingerprint density at radius 1 is 1.20 bits per heavy atom. The van der Waals surface area contributed by atoms with Crippen molar-refractivity contribution in [2.24, 2.45) is 11.8 Å². The number of aryl methyl sites for hydroxylation is 1. The van der Waals surface area contributed by atoms with Crippen LogP contribution >= 0.6 is 0 Å². The Morgan fingerprint density at radius 2 is 1.95 bits per heavy atom. The lowest BCUT2D eigenvalue weighted by Crippen LogP contribution is -2.43. The molecule has 0 aromatic heterocycles. The molecule has 0 saturated heterocycles. The van der Waals surface area contributed by atoms with Crippen LogP contribution in [0.3, 0.4) is 0 Å². The third kappa shape index (κ3) is 3.26. The molecule has 1 saturated carbocycles. The van der Waals surface area contributed by atoms with Gasteiger partial charge in [0.2, 0.25) is 0 Å². The van der Waals surface area contributed by atoms with Crippen molar-refractivity contribution in [2.75, 3.05) is 7.11 Å². The van der Waals surface area contributed by atoms with Gasteiger partial charge in [0.15, 0.2) is 11.5 Å². The molecule has 0 heterocycles. The van der Waals surface area contributed by atoms with Crippen LogP contribution in [0.4, 0.5) is 0 Å². The van der Waals surface area contributed by atoms with Gasteiger partial charge in [-0.2, -0.15) is 0 Å². The second-order valence-electron chi connectivity index (χ2n) is 6.04. The highest BCUT2D eigenvalue weighted by Gasteiger charge is 2.34. The van der Waals surface area contributed by atoms with E-state index >= 15 is 0 Å². The molecule has 4 atom stereocenters. The molecule has 112 valence electrons. The lowest BCUT2D eigenvalue weighted by molar-refractivity contribution is -0.0397. The van der Waals surface area contributed by atoms with E-state index in [-0.39, 0.29) is 6.10 Å². The van der Waals surface area contributed by atoms with Crippen molar-refractivity contribution in [2.45, 2.75) is 52.2 Å². The third-order valence-corrected chi connectivity index (χ3v) is 4.26. The fourth-order valence-corrected chi connectivity index (χ4v) is 3.16. The minimum absolute atomic E-state index is 0.146. The molecule has 0 aliphatic heterocycles. The molecule has 1 aromatic carbocycles. The van der Waals surface area contributed by atoms with Crippen LogP contribution in [-0.4, -0.2) is 24.4 Å². The van der Waals surface area contributed by atoms with Crippen LogP contribution in [0.25, 0.3) is 0 Å². The normalized spacial score (nSPS) is 30.1. The van der Waals surface area contributed by atoms with Crippen molar-refractivity contribution >= 4 is 0 Å². The third-order valence-electron chi connectivity index (χ3n) is 4.26. The standard InChI is InChI=1S/C17H26O3/c1-5-13-6-7-15(16(10-13)19-4)20-17-12(3)8-11(2)9-14(17)18/h6-7,10-12,14,17-18H,5,8-9H2,1-4H3. The minimum atomic E-state index is -0.399. The first-order valence-electron chi connectivity index (χ1n) is 7.56. The first-order valence-corrected chi connectivity index (χ1v) is 7.56. The Hall–Kier alpha value is -1.22. The summed E-state index contributed by atoms with van der Waals surface area (Å²) in [6, 6.07) is 6.02. The topological polar surface area (TPSA) is 38.7 Å². The first-order chi connectivity index (χ1) is 9.55. The highest BCUT2D eigenvalue weighted by molar-refractivity contribution is 5.43. The van der Waals surface area contributed by atoms with Gasteiger partial charge >= 0.3 is 0 Å². The predicted octanol–water partition coefficient (Wildman–Crippen LogP) is 3.43. The van der Waals surface area contributed by atoms with Crippen LogP contribution in [-0.2, 0) is 6.42 Å². The molecular weight excluding hydrogens is 252 g/mol. The van der Waals surface area contributed by atoms with Crippen LogP contribution < -0.4 is 9.47 Å². The SMILES string of the molecule is CCc1ccc(OC2C(C)CC(C)CC2O)c(OC)c1. The molecule has 0 bridgehead atoms. The Bertz CT molecular complexity index is 432. The van der Waals surface area contributed by atoms with Gasteiger partial charge in [0.05, 0.1) is 13.2 Å². The van der Waals surface area contributed by atoms with Crippen molar-refractivity contribution in [1.29, 1.82) is 0 Å². The van der Waals surface area contributed by atoms with Crippen molar-refractivity contribution in [3.8, 4) is 11.5 Å². The summed E-state index contributed by atoms with van der Waals surface area (Å²) in [5, 5.41) is 10.3. The second kappa shape index (κ2) is 6.49. The van der Waals surface area contributed by atoms with E-state index in [0.717, 1.165) is 30.8 Å². The smallest absolute Gasteiger partial charge is 0.161 e. The number of methoxy groups -OCH3 is 1. The monoisotopic (exact) mass is 278 g/mol. The Morgan fingerprint density at radius 3 is 2.55 bits per heavy atom. The summed E-state index contributed by atoms with van der Waals surface area (Å²) in [6.07, 6.45) is 2.33. The number of benzene rings is 1. The Labute approximate surface area is 121 Å². The molecule has 1 aliphatic rings.